The zero-order chi connectivity index (χ0) is 13.8. The number of likely N-dealkylation sites (N-methyl/N-ethyl adjacent to an activating group) is 1. The van der Waals surface area contributed by atoms with E-state index in [1.165, 1.54) is 17.7 Å². The number of benzene rings is 1. The second-order valence-corrected chi connectivity index (χ2v) is 5.92. The predicted molar refractivity (Wildman–Crippen MR) is 82.8 cm³/mol. The molecule has 1 heterocycles. The van der Waals surface area contributed by atoms with Gasteiger partial charge in [-0.15, -0.1) is 0 Å². The molecular formula is C16H27N3. The summed E-state index contributed by atoms with van der Waals surface area (Å²) < 4.78 is 0. The van der Waals surface area contributed by atoms with Crippen molar-refractivity contribution >= 4 is 5.69 Å². The van der Waals surface area contributed by atoms with Gasteiger partial charge in [0.2, 0.25) is 0 Å². The van der Waals surface area contributed by atoms with Crippen LogP contribution in [0.1, 0.15) is 31.7 Å². The number of rotatable bonds is 3. The predicted octanol–water partition coefficient (Wildman–Crippen LogP) is 2.28. The quantitative estimate of drug-likeness (QED) is 0.906. The highest BCUT2D eigenvalue weighted by atomic mass is 15.2. The monoisotopic (exact) mass is 261 g/mol. The van der Waals surface area contributed by atoms with E-state index < -0.39 is 0 Å². The molecule has 1 unspecified atom stereocenters. The SMILES string of the molecule is CC(C)c1ccc(N2CCCN(C)C(CN)C2)cc1. The Bertz CT molecular complexity index is 385. The Kier molecular flexibility index (Phi) is 4.83. The van der Waals surface area contributed by atoms with Crippen LogP contribution in [-0.4, -0.2) is 44.2 Å². The lowest BCUT2D eigenvalue weighted by Gasteiger charge is -2.29. The average molecular weight is 261 g/mol. The fourth-order valence-corrected chi connectivity index (χ4v) is 2.74. The molecule has 1 aromatic rings. The van der Waals surface area contributed by atoms with E-state index in [2.05, 4.69) is 55.0 Å². The van der Waals surface area contributed by atoms with Crippen LogP contribution in [-0.2, 0) is 0 Å². The summed E-state index contributed by atoms with van der Waals surface area (Å²) in [5, 5.41) is 0. The first-order chi connectivity index (χ1) is 9.11. The van der Waals surface area contributed by atoms with E-state index in [4.69, 9.17) is 5.73 Å². The molecule has 1 aromatic carbocycles. The zero-order valence-corrected chi connectivity index (χ0v) is 12.5. The van der Waals surface area contributed by atoms with Gasteiger partial charge in [-0.2, -0.15) is 0 Å². The van der Waals surface area contributed by atoms with Gasteiger partial charge < -0.3 is 15.5 Å². The van der Waals surface area contributed by atoms with Crippen molar-refractivity contribution in [2.24, 2.45) is 5.73 Å². The van der Waals surface area contributed by atoms with Gasteiger partial charge in [0, 0.05) is 31.4 Å². The highest BCUT2D eigenvalue weighted by Crippen LogP contribution is 2.22. The summed E-state index contributed by atoms with van der Waals surface area (Å²) in [6, 6.07) is 9.49. The Hall–Kier alpha value is -1.06. The molecule has 3 nitrogen and oxygen atoms in total. The minimum absolute atomic E-state index is 0.465. The van der Waals surface area contributed by atoms with Crippen LogP contribution in [0.2, 0.25) is 0 Å². The summed E-state index contributed by atoms with van der Waals surface area (Å²) >= 11 is 0. The van der Waals surface area contributed by atoms with Crippen molar-refractivity contribution in [2.75, 3.05) is 38.1 Å². The van der Waals surface area contributed by atoms with Gasteiger partial charge in [0.1, 0.15) is 0 Å². The Morgan fingerprint density at radius 3 is 2.47 bits per heavy atom. The molecule has 0 aliphatic carbocycles. The molecule has 0 bridgehead atoms. The summed E-state index contributed by atoms with van der Waals surface area (Å²) in [4.78, 5) is 4.87. The van der Waals surface area contributed by atoms with Crippen molar-refractivity contribution in [3.05, 3.63) is 29.8 Å². The molecule has 2 N–H and O–H groups in total. The maximum atomic E-state index is 5.90. The molecule has 1 aliphatic heterocycles. The lowest BCUT2D eigenvalue weighted by Crippen LogP contribution is -2.43. The van der Waals surface area contributed by atoms with E-state index in [-0.39, 0.29) is 0 Å². The van der Waals surface area contributed by atoms with Gasteiger partial charge in [0.15, 0.2) is 0 Å². The molecule has 0 spiro atoms. The lowest BCUT2D eigenvalue weighted by atomic mass is 10.0. The van der Waals surface area contributed by atoms with Crippen molar-refractivity contribution < 1.29 is 0 Å². The Labute approximate surface area is 117 Å². The number of nitrogens with two attached hydrogens (primary N) is 1. The van der Waals surface area contributed by atoms with E-state index in [0.29, 0.717) is 12.0 Å². The molecule has 3 heteroatoms. The van der Waals surface area contributed by atoms with Gasteiger partial charge in [0.05, 0.1) is 0 Å². The van der Waals surface area contributed by atoms with Crippen molar-refractivity contribution in [1.82, 2.24) is 4.90 Å². The fraction of sp³-hybridized carbons (Fsp3) is 0.625. The van der Waals surface area contributed by atoms with Gasteiger partial charge in [0.25, 0.3) is 0 Å². The number of hydrogen-bond donors (Lipinski definition) is 1. The van der Waals surface area contributed by atoms with Crippen LogP contribution in [0.3, 0.4) is 0 Å². The number of hydrogen-bond acceptors (Lipinski definition) is 3. The molecule has 2 rings (SSSR count). The summed E-state index contributed by atoms with van der Waals surface area (Å²) in [6.45, 7) is 8.51. The maximum Gasteiger partial charge on any atom is 0.0390 e. The second kappa shape index (κ2) is 6.40. The molecule has 0 amide bonds. The van der Waals surface area contributed by atoms with Gasteiger partial charge in [-0.1, -0.05) is 26.0 Å². The van der Waals surface area contributed by atoms with E-state index in [1.807, 2.05) is 0 Å². The normalized spacial score (nSPS) is 21.7. The molecular weight excluding hydrogens is 234 g/mol. The van der Waals surface area contributed by atoms with Gasteiger partial charge >= 0.3 is 0 Å². The molecule has 1 saturated heterocycles. The summed E-state index contributed by atoms with van der Waals surface area (Å²) in [6.07, 6.45) is 1.21. The maximum absolute atomic E-state index is 5.90. The van der Waals surface area contributed by atoms with Crippen LogP contribution in [0.5, 0.6) is 0 Å². The third-order valence-corrected chi connectivity index (χ3v) is 4.19. The second-order valence-electron chi connectivity index (χ2n) is 5.92. The molecule has 1 atom stereocenters. The third-order valence-electron chi connectivity index (χ3n) is 4.19. The van der Waals surface area contributed by atoms with Crippen molar-refractivity contribution in [2.45, 2.75) is 32.2 Å². The molecule has 1 aliphatic rings. The number of nitrogens with zero attached hydrogens (tertiary/aromatic N) is 2. The summed E-state index contributed by atoms with van der Waals surface area (Å²) in [5.74, 6) is 0.598. The highest BCUT2D eigenvalue weighted by Gasteiger charge is 2.21. The largest absolute Gasteiger partial charge is 0.370 e. The van der Waals surface area contributed by atoms with Crippen LogP contribution in [0.15, 0.2) is 24.3 Å². The van der Waals surface area contributed by atoms with Crippen LogP contribution in [0.25, 0.3) is 0 Å². The first-order valence-electron chi connectivity index (χ1n) is 7.37. The van der Waals surface area contributed by atoms with Crippen molar-refractivity contribution in [3.8, 4) is 0 Å². The molecule has 0 saturated carbocycles. The van der Waals surface area contributed by atoms with Gasteiger partial charge in [-0.25, -0.2) is 0 Å². The van der Waals surface area contributed by atoms with Gasteiger partial charge in [-0.3, -0.25) is 0 Å². The lowest BCUT2D eigenvalue weighted by molar-refractivity contribution is 0.266. The average Bonchev–Trinajstić information content (AvgIpc) is 2.60. The zero-order valence-electron chi connectivity index (χ0n) is 12.5. The molecule has 0 aromatic heterocycles. The number of anilines is 1. The van der Waals surface area contributed by atoms with E-state index in [0.717, 1.165) is 26.2 Å². The van der Waals surface area contributed by atoms with E-state index in [1.54, 1.807) is 0 Å². The Morgan fingerprint density at radius 2 is 1.89 bits per heavy atom. The Balaban J connectivity index is 2.11. The van der Waals surface area contributed by atoms with E-state index >= 15 is 0 Å². The standard InChI is InChI=1S/C16H27N3/c1-13(2)14-5-7-15(8-6-14)19-10-4-9-18(3)16(11-17)12-19/h5-8,13,16H,4,9-12,17H2,1-3H3. The molecule has 106 valence electrons. The fourth-order valence-electron chi connectivity index (χ4n) is 2.74. The smallest absolute Gasteiger partial charge is 0.0390 e. The van der Waals surface area contributed by atoms with Gasteiger partial charge in [-0.05, 0) is 43.6 Å². The van der Waals surface area contributed by atoms with Crippen molar-refractivity contribution in [3.63, 3.8) is 0 Å². The van der Waals surface area contributed by atoms with Crippen LogP contribution < -0.4 is 10.6 Å². The first kappa shape index (κ1) is 14.4. The first-order valence-corrected chi connectivity index (χ1v) is 7.37. The molecule has 19 heavy (non-hydrogen) atoms. The van der Waals surface area contributed by atoms with E-state index in [9.17, 15) is 0 Å². The van der Waals surface area contributed by atoms with Crippen LogP contribution in [0, 0.1) is 0 Å². The minimum atomic E-state index is 0.465. The molecule has 1 fully saturated rings. The highest BCUT2D eigenvalue weighted by molar-refractivity contribution is 5.48. The molecule has 0 radical (unpaired) electrons. The third kappa shape index (κ3) is 3.48. The minimum Gasteiger partial charge on any atom is -0.370 e. The van der Waals surface area contributed by atoms with Crippen LogP contribution in [0.4, 0.5) is 5.69 Å². The Morgan fingerprint density at radius 1 is 1.21 bits per heavy atom. The topological polar surface area (TPSA) is 32.5 Å². The summed E-state index contributed by atoms with van der Waals surface area (Å²) in [5.41, 5.74) is 8.64. The van der Waals surface area contributed by atoms with Crippen molar-refractivity contribution in [1.29, 1.82) is 0 Å². The summed E-state index contributed by atoms with van der Waals surface area (Å²) in [7, 11) is 2.18. The van der Waals surface area contributed by atoms with Crippen LogP contribution >= 0.6 is 0 Å².